The van der Waals surface area contributed by atoms with Crippen molar-refractivity contribution in [2.45, 2.75) is 31.1 Å². The Morgan fingerprint density at radius 1 is 1.50 bits per heavy atom. The summed E-state index contributed by atoms with van der Waals surface area (Å²) in [4.78, 5) is 36.5. The van der Waals surface area contributed by atoms with Gasteiger partial charge in [-0.3, -0.25) is 14.9 Å². The molecule has 4 amide bonds. The predicted molar refractivity (Wildman–Crippen MR) is 68.2 cm³/mol. The zero-order valence-electron chi connectivity index (χ0n) is 10.5. The van der Waals surface area contributed by atoms with Crippen LogP contribution < -0.4 is 10.6 Å². The van der Waals surface area contributed by atoms with E-state index >= 15 is 0 Å². The van der Waals surface area contributed by atoms with Crippen molar-refractivity contribution in [3.8, 4) is 0 Å². The van der Waals surface area contributed by atoms with E-state index in [4.69, 9.17) is 0 Å². The number of hydrogen-bond acceptors (Lipinski definition) is 4. The van der Waals surface area contributed by atoms with Crippen LogP contribution in [-0.2, 0) is 9.59 Å². The maximum atomic E-state index is 11.9. The Morgan fingerprint density at radius 3 is 2.78 bits per heavy atom. The van der Waals surface area contributed by atoms with Crippen LogP contribution >= 0.6 is 11.8 Å². The lowest BCUT2D eigenvalue weighted by molar-refractivity contribution is -0.128. The number of rotatable bonds is 3. The molecule has 1 unspecified atom stereocenters. The van der Waals surface area contributed by atoms with Crippen molar-refractivity contribution < 1.29 is 14.4 Å². The minimum atomic E-state index is -0.894. The third-order valence-corrected chi connectivity index (χ3v) is 4.26. The molecule has 2 fully saturated rings. The number of carbonyl (C=O) groups is 3. The van der Waals surface area contributed by atoms with E-state index in [9.17, 15) is 14.4 Å². The van der Waals surface area contributed by atoms with E-state index < -0.39 is 11.6 Å². The van der Waals surface area contributed by atoms with Gasteiger partial charge in [0.1, 0.15) is 5.54 Å². The summed E-state index contributed by atoms with van der Waals surface area (Å²) in [6.07, 6.45) is 0.489. The Hall–Kier alpha value is -1.24. The Balaban J connectivity index is 1.94. The summed E-state index contributed by atoms with van der Waals surface area (Å²) in [7, 11) is 0. The van der Waals surface area contributed by atoms with Crippen molar-refractivity contribution in [2.24, 2.45) is 0 Å². The van der Waals surface area contributed by atoms with Crippen molar-refractivity contribution >= 4 is 29.6 Å². The SMILES string of the molecule is CC(C)SCC(=O)N1CCC2(C1)NC(=O)NC2=O. The third kappa shape index (κ3) is 2.45. The fourth-order valence-electron chi connectivity index (χ4n) is 2.17. The molecule has 2 N–H and O–H groups in total. The number of amides is 4. The zero-order chi connectivity index (χ0) is 13.3. The first-order chi connectivity index (χ1) is 8.43. The molecule has 2 aliphatic rings. The first kappa shape index (κ1) is 13.2. The molecule has 6 nitrogen and oxygen atoms in total. The van der Waals surface area contributed by atoms with E-state index in [1.807, 2.05) is 13.8 Å². The van der Waals surface area contributed by atoms with Gasteiger partial charge in [-0.15, -0.1) is 11.8 Å². The summed E-state index contributed by atoms with van der Waals surface area (Å²) in [5.41, 5.74) is -0.894. The van der Waals surface area contributed by atoms with Crippen LogP contribution in [0.2, 0.25) is 0 Å². The number of urea groups is 1. The summed E-state index contributed by atoms with van der Waals surface area (Å²) in [6, 6.07) is -0.467. The van der Waals surface area contributed by atoms with E-state index in [0.29, 0.717) is 24.0 Å². The van der Waals surface area contributed by atoms with E-state index in [1.165, 1.54) is 0 Å². The van der Waals surface area contributed by atoms with Crippen LogP contribution in [0, 0.1) is 0 Å². The normalized spacial score (nSPS) is 26.9. The monoisotopic (exact) mass is 271 g/mol. The molecule has 7 heteroatoms. The van der Waals surface area contributed by atoms with E-state index in [1.54, 1.807) is 16.7 Å². The average Bonchev–Trinajstić information content (AvgIpc) is 2.81. The molecule has 2 heterocycles. The standard InChI is InChI=1S/C11H17N3O3S/c1-7(2)18-5-8(15)14-4-3-11(6-14)9(16)12-10(17)13-11/h7H,3-6H2,1-2H3,(H2,12,13,16,17). The molecular formula is C11H17N3O3S. The number of imide groups is 1. The highest BCUT2D eigenvalue weighted by molar-refractivity contribution is 8.00. The van der Waals surface area contributed by atoms with Gasteiger partial charge >= 0.3 is 6.03 Å². The minimum absolute atomic E-state index is 0.0273. The molecule has 0 radical (unpaired) electrons. The van der Waals surface area contributed by atoms with Gasteiger partial charge in [0.2, 0.25) is 5.91 Å². The first-order valence-electron chi connectivity index (χ1n) is 5.96. The molecule has 18 heavy (non-hydrogen) atoms. The molecule has 100 valence electrons. The summed E-state index contributed by atoms with van der Waals surface area (Å²) >= 11 is 1.58. The van der Waals surface area contributed by atoms with E-state index in [2.05, 4.69) is 10.6 Å². The number of thioether (sulfide) groups is 1. The lowest BCUT2D eigenvalue weighted by atomic mass is 10.00. The Kier molecular flexibility index (Phi) is 3.52. The molecule has 0 saturated carbocycles. The smallest absolute Gasteiger partial charge is 0.322 e. The van der Waals surface area contributed by atoms with Gasteiger partial charge in [0, 0.05) is 6.54 Å². The minimum Gasteiger partial charge on any atom is -0.339 e. The molecule has 2 aliphatic heterocycles. The highest BCUT2D eigenvalue weighted by Crippen LogP contribution is 2.25. The Morgan fingerprint density at radius 2 is 2.22 bits per heavy atom. The van der Waals surface area contributed by atoms with Gasteiger partial charge < -0.3 is 10.2 Å². The molecule has 0 bridgehead atoms. The van der Waals surface area contributed by atoms with Crippen LogP contribution in [0.3, 0.4) is 0 Å². The van der Waals surface area contributed by atoms with Gasteiger partial charge in [-0.25, -0.2) is 4.79 Å². The van der Waals surface area contributed by atoms with Crippen LogP contribution in [0.4, 0.5) is 4.79 Å². The van der Waals surface area contributed by atoms with Gasteiger partial charge in [0.05, 0.1) is 12.3 Å². The maximum absolute atomic E-state index is 11.9. The summed E-state index contributed by atoms with van der Waals surface area (Å²) in [6.45, 7) is 4.87. The second kappa shape index (κ2) is 4.79. The molecule has 0 aromatic rings. The number of hydrogen-bond donors (Lipinski definition) is 2. The van der Waals surface area contributed by atoms with Crippen LogP contribution in [0.5, 0.6) is 0 Å². The first-order valence-corrected chi connectivity index (χ1v) is 7.01. The quantitative estimate of drug-likeness (QED) is 0.705. The summed E-state index contributed by atoms with van der Waals surface area (Å²) in [5, 5.41) is 5.26. The molecule has 0 aromatic carbocycles. The van der Waals surface area contributed by atoms with Gasteiger partial charge in [-0.2, -0.15) is 0 Å². The van der Waals surface area contributed by atoms with Gasteiger partial charge in [0.25, 0.3) is 5.91 Å². The van der Waals surface area contributed by atoms with E-state index in [-0.39, 0.29) is 18.4 Å². The molecule has 2 saturated heterocycles. The number of nitrogens with zero attached hydrogens (tertiary/aromatic N) is 1. The average molecular weight is 271 g/mol. The largest absolute Gasteiger partial charge is 0.339 e. The Bertz CT molecular complexity index is 399. The molecular weight excluding hydrogens is 254 g/mol. The Labute approximate surface area is 110 Å². The van der Waals surface area contributed by atoms with Crippen LogP contribution in [0.1, 0.15) is 20.3 Å². The maximum Gasteiger partial charge on any atom is 0.322 e. The van der Waals surface area contributed by atoms with Crippen molar-refractivity contribution in [1.82, 2.24) is 15.5 Å². The number of carbonyl (C=O) groups excluding carboxylic acids is 3. The fourth-order valence-corrected chi connectivity index (χ4v) is 2.83. The zero-order valence-corrected chi connectivity index (χ0v) is 11.3. The van der Waals surface area contributed by atoms with Crippen LogP contribution in [0.25, 0.3) is 0 Å². The predicted octanol–water partition coefficient (Wildman–Crippen LogP) is -0.0615. The van der Waals surface area contributed by atoms with Crippen molar-refractivity contribution in [1.29, 1.82) is 0 Å². The number of nitrogens with one attached hydrogen (secondary N) is 2. The van der Waals surface area contributed by atoms with Gasteiger partial charge in [-0.1, -0.05) is 13.8 Å². The fraction of sp³-hybridized carbons (Fsp3) is 0.727. The molecule has 2 rings (SSSR count). The third-order valence-electron chi connectivity index (χ3n) is 3.18. The molecule has 1 atom stereocenters. The highest BCUT2D eigenvalue weighted by Gasteiger charge is 2.51. The molecule has 0 aromatic heterocycles. The molecule has 0 aliphatic carbocycles. The van der Waals surface area contributed by atoms with Crippen molar-refractivity contribution in [3.63, 3.8) is 0 Å². The lowest BCUT2D eigenvalue weighted by Gasteiger charge is -2.21. The van der Waals surface area contributed by atoms with Gasteiger partial charge in [-0.05, 0) is 11.7 Å². The highest BCUT2D eigenvalue weighted by atomic mass is 32.2. The lowest BCUT2D eigenvalue weighted by Crippen LogP contribution is -2.49. The molecule has 1 spiro atoms. The topological polar surface area (TPSA) is 78.5 Å². The van der Waals surface area contributed by atoms with E-state index in [0.717, 1.165) is 0 Å². The van der Waals surface area contributed by atoms with Crippen molar-refractivity contribution in [2.75, 3.05) is 18.8 Å². The van der Waals surface area contributed by atoms with Crippen molar-refractivity contribution in [3.05, 3.63) is 0 Å². The van der Waals surface area contributed by atoms with Gasteiger partial charge in [0.15, 0.2) is 0 Å². The van der Waals surface area contributed by atoms with Crippen LogP contribution in [0.15, 0.2) is 0 Å². The van der Waals surface area contributed by atoms with Crippen LogP contribution in [-0.4, -0.2) is 52.4 Å². The second-order valence-electron chi connectivity index (χ2n) is 4.92. The number of likely N-dealkylation sites (tertiary alicyclic amines) is 1. The second-order valence-corrected chi connectivity index (χ2v) is 6.48. The summed E-state index contributed by atoms with van der Waals surface area (Å²) < 4.78 is 0. The summed E-state index contributed by atoms with van der Waals surface area (Å²) in [5.74, 6) is 0.127.